The van der Waals surface area contributed by atoms with Gasteiger partial charge in [0.25, 0.3) is 5.91 Å². The van der Waals surface area contributed by atoms with Gasteiger partial charge in [0.05, 0.1) is 5.56 Å². The van der Waals surface area contributed by atoms with Gasteiger partial charge in [0.1, 0.15) is 17.3 Å². The molecule has 1 saturated heterocycles. The third-order valence-corrected chi connectivity index (χ3v) is 6.32. The zero-order valence-electron chi connectivity index (χ0n) is 21.6. The fourth-order valence-electron chi connectivity index (χ4n) is 4.34. The summed E-state index contributed by atoms with van der Waals surface area (Å²) in [4.78, 5) is 35.9. The SMILES string of the molecule is CCNc1nc(-c2ccc(NC(=O)NCc3cccnc3)cc2)c(F)cc1C(=O)NCCN1CCCCC1. The van der Waals surface area contributed by atoms with Crippen molar-refractivity contribution in [2.45, 2.75) is 32.7 Å². The van der Waals surface area contributed by atoms with Crippen molar-refractivity contribution in [1.29, 1.82) is 0 Å². The second kappa shape index (κ2) is 13.5. The second-order valence-electron chi connectivity index (χ2n) is 9.15. The minimum atomic E-state index is -0.595. The van der Waals surface area contributed by atoms with Gasteiger partial charge in [-0.25, -0.2) is 14.2 Å². The van der Waals surface area contributed by atoms with Crippen molar-refractivity contribution < 1.29 is 14.0 Å². The number of rotatable bonds is 10. The number of urea groups is 1. The number of benzene rings is 1. The van der Waals surface area contributed by atoms with Crippen molar-refractivity contribution in [3.63, 3.8) is 0 Å². The van der Waals surface area contributed by atoms with Crippen LogP contribution in [0.5, 0.6) is 0 Å². The molecule has 9 nitrogen and oxygen atoms in total. The number of nitrogens with zero attached hydrogens (tertiary/aromatic N) is 3. The fourth-order valence-corrected chi connectivity index (χ4v) is 4.34. The number of halogens is 1. The Morgan fingerprint density at radius 2 is 1.84 bits per heavy atom. The highest BCUT2D eigenvalue weighted by atomic mass is 19.1. The molecule has 0 spiro atoms. The van der Waals surface area contributed by atoms with E-state index in [9.17, 15) is 9.59 Å². The molecule has 0 atom stereocenters. The summed E-state index contributed by atoms with van der Waals surface area (Å²) in [5, 5.41) is 11.5. The summed E-state index contributed by atoms with van der Waals surface area (Å²) in [5.74, 6) is -0.619. The van der Waals surface area contributed by atoms with Crippen LogP contribution >= 0.6 is 0 Å². The highest BCUT2D eigenvalue weighted by Gasteiger charge is 2.19. The molecule has 10 heteroatoms. The molecule has 3 aromatic rings. The Labute approximate surface area is 222 Å². The molecule has 1 aliphatic heterocycles. The largest absolute Gasteiger partial charge is 0.370 e. The first-order chi connectivity index (χ1) is 18.5. The van der Waals surface area contributed by atoms with E-state index in [-0.39, 0.29) is 23.2 Å². The number of aromatic nitrogens is 2. The molecule has 0 bridgehead atoms. The van der Waals surface area contributed by atoms with E-state index >= 15 is 4.39 Å². The van der Waals surface area contributed by atoms with Crippen molar-refractivity contribution in [1.82, 2.24) is 25.5 Å². The number of pyridine rings is 2. The van der Waals surface area contributed by atoms with Crippen LogP contribution in [0.15, 0.2) is 54.9 Å². The zero-order chi connectivity index (χ0) is 26.7. The van der Waals surface area contributed by atoms with Gasteiger partial charge in [-0.3, -0.25) is 9.78 Å². The molecule has 0 unspecified atom stereocenters. The van der Waals surface area contributed by atoms with Gasteiger partial charge in [0, 0.05) is 49.8 Å². The minimum absolute atomic E-state index is 0.124. The maximum absolute atomic E-state index is 15.1. The molecule has 2 aromatic heterocycles. The smallest absolute Gasteiger partial charge is 0.319 e. The molecule has 1 aromatic carbocycles. The molecule has 0 aliphatic carbocycles. The lowest BCUT2D eigenvalue weighted by Crippen LogP contribution is -2.37. The van der Waals surface area contributed by atoms with E-state index in [1.165, 1.54) is 25.3 Å². The molecule has 1 aliphatic rings. The quantitative estimate of drug-likeness (QED) is 0.319. The highest BCUT2D eigenvalue weighted by molar-refractivity contribution is 5.99. The normalized spacial score (nSPS) is 13.5. The Hall–Kier alpha value is -4.05. The molecule has 4 rings (SSSR count). The average Bonchev–Trinajstić information content (AvgIpc) is 2.94. The van der Waals surface area contributed by atoms with Crippen LogP contribution in [-0.4, -0.2) is 59.5 Å². The van der Waals surface area contributed by atoms with Gasteiger partial charge in [-0.15, -0.1) is 0 Å². The molecule has 200 valence electrons. The van der Waals surface area contributed by atoms with E-state index in [2.05, 4.69) is 36.1 Å². The molecular weight excluding hydrogens is 485 g/mol. The highest BCUT2D eigenvalue weighted by Crippen LogP contribution is 2.27. The van der Waals surface area contributed by atoms with E-state index < -0.39 is 5.82 Å². The number of carbonyl (C=O) groups excluding carboxylic acids is 2. The first-order valence-corrected chi connectivity index (χ1v) is 13.0. The minimum Gasteiger partial charge on any atom is -0.370 e. The third-order valence-electron chi connectivity index (χ3n) is 6.32. The lowest BCUT2D eigenvalue weighted by atomic mass is 10.1. The number of piperidine rings is 1. The molecule has 3 heterocycles. The molecule has 38 heavy (non-hydrogen) atoms. The van der Waals surface area contributed by atoms with Crippen molar-refractivity contribution in [3.8, 4) is 11.3 Å². The fraction of sp³-hybridized carbons (Fsp3) is 0.357. The first kappa shape index (κ1) is 27.0. The molecule has 4 N–H and O–H groups in total. The Morgan fingerprint density at radius 1 is 1.05 bits per heavy atom. The standard InChI is InChI=1S/C28H34FN7O2/c1-2-31-26-23(27(37)32-13-16-36-14-4-3-5-15-36)17-24(29)25(35-26)21-8-10-22(11-9-21)34-28(38)33-19-20-7-6-12-30-18-20/h6-12,17-18H,2-5,13-16,19H2,1H3,(H,31,35)(H,32,37)(H2,33,34,38). The van der Waals surface area contributed by atoms with Crippen LogP contribution in [0.1, 0.15) is 42.1 Å². The van der Waals surface area contributed by atoms with Crippen LogP contribution in [0.25, 0.3) is 11.3 Å². The van der Waals surface area contributed by atoms with Crippen molar-refractivity contribution in [2.75, 3.05) is 43.4 Å². The summed E-state index contributed by atoms with van der Waals surface area (Å²) >= 11 is 0. The Bertz CT molecular complexity index is 1220. The third kappa shape index (κ3) is 7.48. The van der Waals surface area contributed by atoms with E-state index in [0.29, 0.717) is 36.7 Å². The lowest BCUT2D eigenvalue weighted by molar-refractivity contribution is 0.0946. The Kier molecular flexibility index (Phi) is 9.58. The molecule has 3 amide bonds. The van der Waals surface area contributed by atoms with E-state index in [4.69, 9.17) is 0 Å². The van der Waals surface area contributed by atoms with E-state index in [0.717, 1.165) is 25.2 Å². The molecule has 0 radical (unpaired) electrons. The van der Waals surface area contributed by atoms with Crippen LogP contribution < -0.4 is 21.3 Å². The van der Waals surface area contributed by atoms with Crippen molar-refractivity contribution in [2.24, 2.45) is 0 Å². The van der Waals surface area contributed by atoms with Gasteiger partial charge < -0.3 is 26.2 Å². The second-order valence-corrected chi connectivity index (χ2v) is 9.15. The summed E-state index contributed by atoms with van der Waals surface area (Å²) in [6.45, 7) is 6.14. The zero-order valence-corrected chi connectivity index (χ0v) is 21.6. The maximum Gasteiger partial charge on any atom is 0.319 e. The van der Waals surface area contributed by atoms with Gasteiger partial charge in [0.15, 0.2) is 0 Å². The van der Waals surface area contributed by atoms with Crippen molar-refractivity contribution in [3.05, 3.63) is 71.8 Å². The number of likely N-dealkylation sites (tertiary alicyclic amines) is 1. The summed E-state index contributed by atoms with van der Waals surface area (Å²) < 4.78 is 15.1. The van der Waals surface area contributed by atoms with Gasteiger partial charge in [0.2, 0.25) is 0 Å². The monoisotopic (exact) mass is 519 g/mol. The van der Waals surface area contributed by atoms with Crippen molar-refractivity contribution >= 4 is 23.4 Å². The number of hydrogen-bond acceptors (Lipinski definition) is 6. The Morgan fingerprint density at radius 3 is 2.55 bits per heavy atom. The molecule has 0 saturated carbocycles. The first-order valence-electron chi connectivity index (χ1n) is 13.0. The Balaban J connectivity index is 1.39. The predicted octanol–water partition coefficient (Wildman–Crippen LogP) is 4.25. The number of hydrogen-bond donors (Lipinski definition) is 4. The summed E-state index contributed by atoms with van der Waals surface area (Å²) in [6, 6.07) is 11.2. The summed E-state index contributed by atoms with van der Waals surface area (Å²) in [6.07, 6.45) is 6.98. The maximum atomic E-state index is 15.1. The van der Waals surface area contributed by atoms with E-state index in [1.54, 1.807) is 42.7 Å². The topological polar surface area (TPSA) is 111 Å². The van der Waals surface area contributed by atoms with Crippen LogP contribution in [0.4, 0.5) is 20.7 Å². The van der Waals surface area contributed by atoms with Crippen LogP contribution in [0.2, 0.25) is 0 Å². The van der Waals surface area contributed by atoms with Crippen LogP contribution in [0, 0.1) is 5.82 Å². The van der Waals surface area contributed by atoms with Crippen LogP contribution in [-0.2, 0) is 6.54 Å². The summed E-state index contributed by atoms with van der Waals surface area (Å²) in [5.41, 5.74) is 2.26. The van der Waals surface area contributed by atoms with Gasteiger partial charge >= 0.3 is 6.03 Å². The molecule has 1 fully saturated rings. The van der Waals surface area contributed by atoms with Crippen LogP contribution in [0.3, 0.4) is 0 Å². The summed E-state index contributed by atoms with van der Waals surface area (Å²) in [7, 11) is 0. The number of nitrogens with one attached hydrogen (secondary N) is 4. The van der Waals surface area contributed by atoms with E-state index in [1.807, 2.05) is 13.0 Å². The molecular formula is C28H34FN7O2. The number of amides is 3. The van der Waals surface area contributed by atoms with Gasteiger partial charge in [-0.05, 0) is 62.7 Å². The predicted molar refractivity (Wildman–Crippen MR) is 147 cm³/mol. The van der Waals surface area contributed by atoms with Gasteiger partial charge in [-0.2, -0.15) is 0 Å². The van der Waals surface area contributed by atoms with Gasteiger partial charge in [-0.1, -0.05) is 24.6 Å². The number of anilines is 2. The number of carbonyl (C=O) groups is 2. The average molecular weight is 520 g/mol. The lowest BCUT2D eigenvalue weighted by Gasteiger charge is -2.26.